The third kappa shape index (κ3) is 1.51. The molecule has 80 valence electrons. The Morgan fingerprint density at radius 1 is 1.07 bits per heavy atom. The zero-order valence-electron chi connectivity index (χ0n) is 9.58. The number of hydrogen-bond acceptors (Lipinski definition) is 0. The Hall–Kier alpha value is -0.780. The summed E-state index contributed by atoms with van der Waals surface area (Å²) < 4.78 is 0. The highest BCUT2D eigenvalue weighted by atomic mass is 14.4. The number of hydrogen-bond donors (Lipinski definition) is 0. The van der Waals surface area contributed by atoms with Crippen LogP contribution in [0.15, 0.2) is 24.3 Å². The molecule has 15 heavy (non-hydrogen) atoms. The minimum absolute atomic E-state index is 0.806. The zero-order chi connectivity index (χ0) is 10.3. The van der Waals surface area contributed by atoms with Gasteiger partial charge in [-0.3, -0.25) is 0 Å². The van der Waals surface area contributed by atoms with Gasteiger partial charge in [0.15, 0.2) is 0 Å². The molecule has 0 saturated heterocycles. The molecule has 2 aliphatic rings. The lowest BCUT2D eigenvalue weighted by Gasteiger charge is -2.41. The predicted molar refractivity (Wildman–Crippen MR) is 64.0 cm³/mol. The molecule has 1 saturated carbocycles. The van der Waals surface area contributed by atoms with E-state index >= 15 is 0 Å². The van der Waals surface area contributed by atoms with Crippen LogP contribution >= 0.6 is 0 Å². The summed E-state index contributed by atoms with van der Waals surface area (Å²) >= 11 is 0. The van der Waals surface area contributed by atoms with Crippen LogP contribution in [0.5, 0.6) is 0 Å². The van der Waals surface area contributed by atoms with E-state index in [9.17, 15) is 0 Å². The zero-order valence-corrected chi connectivity index (χ0v) is 9.58. The SMILES string of the molecule is C[C@@H]1c2ccccc2C[C@H]2CCCC[C@@H]21. The summed E-state index contributed by atoms with van der Waals surface area (Å²) in [4.78, 5) is 0. The molecule has 3 atom stereocenters. The highest BCUT2D eigenvalue weighted by Gasteiger charge is 2.34. The van der Waals surface area contributed by atoms with Crippen LogP contribution < -0.4 is 0 Å². The van der Waals surface area contributed by atoms with E-state index in [0.29, 0.717) is 0 Å². The molecular formula is C15H20. The minimum Gasteiger partial charge on any atom is -0.0620 e. The summed E-state index contributed by atoms with van der Waals surface area (Å²) in [6, 6.07) is 9.11. The van der Waals surface area contributed by atoms with Gasteiger partial charge in [-0.2, -0.15) is 0 Å². The van der Waals surface area contributed by atoms with Crippen LogP contribution in [0.3, 0.4) is 0 Å². The van der Waals surface area contributed by atoms with Crippen molar-refractivity contribution in [3.8, 4) is 0 Å². The summed E-state index contributed by atoms with van der Waals surface area (Å²) in [5.41, 5.74) is 3.27. The highest BCUT2D eigenvalue weighted by Crippen LogP contribution is 2.46. The van der Waals surface area contributed by atoms with Gasteiger partial charge in [-0.25, -0.2) is 0 Å². The standard InChI is InChI=1S/C15H20/c1-11-14-8-4-2-6-12(14)10-13-7-3-5-9-15(11)13/h2,4,6,8,11,13,15H,3,5,7,9-10H2,1H3/t11-,13-,15-/m1/s1. The van der Waals surface area contributed by atoms with E-state index in [-0.39, 0.29) is 0 Å². The van der Waals surface area contributed by atoms with E-state index in [0.717, 1.165) is 17.8 Å². The molecule has 0 aromatic heterocycles. The van der Waals surface area contributed by atoms with Crippen molar-refractivity contribution in [1.29, 1.82) is 0 Å². The average Bonchev–Trinajstić information content (AvgIpc) is 2.30. The fraction of sp³-hybridized carbons (Fsp3) is 0.600. The lowest BCUT2D eigenvalue weighted by atomic mass is 9.64. The van der Waals surface area contributed by atoms with Crippen LogP contribution in [-0.2, 0) is 6.42 Å². The molecule has 0 N–H and O–H groups in total. The second kappa shape index (κ2) is 3.66. The first kappa shape index (κ1) is 9.45. The molecule has 0 spiro atoms. The Morgan fingerprint density at radius 3 is 2.80 bits per heavy atom. The van der Waals surface area contributed by atoms with Gasteiger partial charge in [-0.15, -0.1) is 0 Å². The van der Waals surface area contributed by atoms with Gasteiger partial charge in [-0.1, -0.05) is 44.0 Å². The summed E-state index contributed by atoms with van der Waals surface area (Å²) in [5.74, 6) is 2.78. The summed E-state index contributed by atoms with van der Waals surface area (Å²) in [5, 5.41) is 0. The van der Waals surface area contributed by atoms with Gasteiger partial charge in [0.25, 0.3) is 0 Å². The molecule has 0 heteroatoms. The lowest BCUT2D eigenvalue weighted by molar-refractivity contribution is 0.191. The maximum absolute atomic E-state index is 2.45. The lowest BCUT2D eigenvalue weighted by Crippen LogP contribution is -2.30. The van der Waals surface area contributed by atoms with Crippen LogP contribution in [0.1, 0.15) is 49.7 Å². The van der Waals surface area contributed by atoms with E-state index in [1.54, 1.807) is 11.1 Å². The van der Waals surface area contributed by atoms with E-state index < -0.39 is 0 Å². The third-order valence-corrected chi connectivity index (χ3v) is 4.64. The first-order valence-corrected chi connectivity index (χ1v) is 6.44. The van der Waals surface area contributed by atoms with Gasteiger partial charge in [0.05, 0.1) is 0 Å². The fourth-order valence-electron chi connectivity index (χ4n) is 3.83. The summed E-state index contributed by atoms with van der Waals surface area (Å²) in [6.07, 6.45) is 7.23. The minimum atomic E-state index is 0.806. The first-order chi connectivity index (χ1) is 7.36. The Bertz CT molecular complexity index is 353. The van der Waals surface area contributed by atoms with Crippen LogP contribution in [-0.4, -0.2) is 0 Å². The maximum Gasteiger partial charge on any atom is -0.0157 e. The molecule has 2 aliphatic carbocycles. The molecule has 0 aliphatic heterocycles. The maximum atomic E-state index is 2.45. The second-order valence-corrected chi connectivity index (χ2v) is 5.40. The van der Waals surface area contributed by atoms with E-state index in [4.69, 9.17) is 0 Å². The Kier molecular flexibility index (Phi) is 2.31. The van der Waals surface area contributed by atoms with Gasteiger partial charge in [0.1, 0.15) is 0 Å². The highest BCUT2D eigenvalue weighted by molar-refractivity contribution is 5.33. The van der Waals surface area contributed by atoms with Crippen LogP contribution in [0, 0.1) is 11.8 Å². The molecule has 0 radical (unpaired) electrons. The van der Waals surface area contributed by atoms with Crippen molar-refractivity contribution in [3.05, 3.63) is 35.4 Å². The van der Waals surface area contributed by atoms with Gasteiger partial charge in [-0.05, 0) is 48.1 Å². The molecular weight excluding hydrogens is 180 g/mol. The molecule has 0 nitrogen and oxygen atoms in total. The van der Waals surface area contributed by atoms with Gasteiger partial charge in [0.2, 0.25) is 0 Å². The van der Waals surface area contributed by atoms with Crippen LogP contribution in [0.2, 0.25) is 0 Å². The van der Waals surface area contributed by atoms with Crippen LogP contribution in [0.25, 0.3) is 0 Å². The molecule has 0 heterocycles. The number of benzene rings is 1. The Balaban J connectivity index is 1.98. The number of fused-ring (bicyclic) bond motifs is 2. The Morgan fingerprint density at radius 2 is 1.87 bits per heavy atom. The number of rotatable bonds is 0. The van der Waals surface area contributed by atoms with Crippen LogP contribution in [0.4, 0.5) is 0 Å². The smallest absolute Gasteiger partial charge is 0.0157 e. The van der Waals surface area contributed by atoms with Gasteiger partial charge < -0.3 is 0 Å². The Labute approximate surface area is 92.7 Å². The fourth-order valence-corrected chi connectivity index (χ4v) is 3.83. The van der Waals surface area contributed by atoms with Crippen molar-refractivity contribution in [2.75, 3.05) is 0 Å². The van der Waals surface area contributed by atoms with E-state index in [1.165, 1.54) is 32.1 Å². The van der Waals surface area contributed by atoms with Crippen molar-refractivity contribution in [2.45, 2.75) is 44.9 Å². The summed E-state index contributed by atoms with van der Waals surface area (Å²) in [6.45, 7) is 2.45. The third-order valence-electron chi connectivity index (χ3n) is 4.64. The van der Waals surface area contributed by atoms with Crippen molar-refractivity contribution < 1.29 is 0 Å². The van der Waals surface area contributed by atoms with E-state index in [2.05, 4.69) is 31.2 Å². The largest absolute Gasteiger partial charge is 0.0620 e. The van der Waals surface area contributed by atoms with Crippen molar-refractivity contribution in [1.82, 2.24) is 0 Å². The normalized spacial score (nSPS) is 34.3. The van der Waals surface area contributed by atoms with Crippen molar-refractivity contribution in [3.63, 3.8) is 0 Å². The molecule has 3 rings (SSSR count). The monoisotopic (exact) mass is 200 g/mol. The van der Waals surface area contributed by atoms with E-state index in [1.807, 2.05) is 0 Å². The quantitative estimate of drug-likeness (QED) is 0.590. The average molecular weight is 200 g/mol. The molecule has 1 aromatic carbocycles. The molecule has 0 unspecified atom stereocenters. The second-order valence-electron chi connectivity index (χ2n) is 5.40. The van der Waals surface area contributed by atoms with Crippen molar-refractivity contribution in [2.24, 2.45) is 11.8 Å². The molecule has 0 bridgehead atoms. The van der Waals surface area contributed by atoms with Crippen molar-refractivity contribution >= 4 is 0 Å². The molecule has 0 amide bonds. The summed E-state index contributed by atoms with van der Waals surface area (Å²) in [7, 11) is 0. The topological polar surface area (TPSA) is 0 Å². The first-order valence-electron chi connectivity index (χ1n) is 6.44. The van der Waals surface area contributed by atoms with Gasteiger partial charge >= 0.3 is 0 Å². The van der Waals surface area contributed by atoms with Gasteiger partial charge in [0, 0.05) is 0 Å². The molecule has 1 aromatic rings. The molecule has 1 fully saturated rings. The predicted octanol–water partition coefficient (Wildman–Crippen LogP) is 4.15.